The molecule has 0 fully saturated rings. The maximum atomic E-state index is 5.46. The molecule has 0 amide bonds. The van der Waals surface area contributed by atoms with E-state index in [0.717, 1.165) is 18.0 Å². The Morgan fingerprint density at radius 1 is 0.952 bits per heavy atom. The SMILES string of the molecule is CCOc1ccc(C(C)NCc2ccc(OC)cc2)cc1. The highest BCUT2D eigenvalue weighted by Crippen LogP contribution is 2.18. The highest BCUT2D eigenvalue weighted by Gasteiger charge is 2.05. The molecule has 112 valence electrons. The number of rotatable bonds is 7. The van der Waals surface area contributed by atoms with Crippen LogP contribution < -0.4 is 14.8 Å². The Hall–Kier alpha value is -2.00. The van der Waals surface area contributed by atoms with E-state index >= 15 is 0 Å². The second kappa shape index (κ2) is 7.70. The first-order valence-corrected chi connectivity index (χ1v) is 7.32. The molecule has 0 aliphatic rings. The van der Waals surface area contributed by atoms with Gasteiger partial charge < -0.3 is 14.8 Å². The molecule has 1 unspecified atom stereocenters. The summed E-state index contributed by atoms with van der Waals surface area (Å²) in [4.78, 5) is 0. The van der Waals surface area contributed by atoms with E-state index in [-0.39, 0.29) is 0 Å². The van der Waals surface area contributed by atoms with Gasteiger partial charge in [0.1, 0.15) is 11.5 Å². The smallest absolute Gasteiger partial charge is 0.119 e. The maximum Gasteiger partial charge on any atom is 0.119 e. The lowest BCUT2D eigenvalue weighted by atomic mass is 10.1. The number of ether oxygens (including phenoxy) is 2. The molecule has 0 spiro atoms. The second-order valence-electron chi connectivity index (χ2n) is 4.95. The van der Waals surface area contributed by atoms with Crippen molar-refractivity contribution in [3.05, 3.63) is 59.7 Å². The van der Waals surface area contributed by atoms with Gasteiger partial charge in [-0.1, -0.05) is 24.3 Å². The number of hydrogen-bond donors (Lipinski definition) is 1. The number of methoxy groups -OCH3 is 1. The van der Waals surface area contributed by atoms with E-state index in [9.17, 15) is 0 Å². The normalized spacial score (nSPS) is 12.0. The fraction of sp³-hybridized carbons (Fsp3) is 0.333. The molecule has 1 N–H and O–H groups in total. The average molecular weight is 285 g/mol. The summed E-state index contributed by atoms with van der Waals surface area (Å²) in [6.45, 7) is 5.69. The molecule has 0 radical (unpaired) electrons. The van der Waals surface area contributed by atoms with Gasteiger partial charge in [-0.05, 0) is 49.2 Å². The Morgan fingerprint density at radius 3 is 2.14 bits per heavy atom. The van der Waals surface area contributed by atoms with Crippen molar-refractivity contribution in [3.63, 3.8) is 0 Å². The molecule has 2 rings (SSSR count). The van der Waals surface area contributed by atoms with Gasteiger partial charge in [0, 0.05) is 12.6 Å². The largest absolute Gasteiger partial charge is 0.497 e. The van der Waals surface area contributed by atoms with Gasteiger partial charge in [-0.3, -0.25) is 0 Å². The van der Waals surface area contributed by atoms with Crippen LogP contribution >= 0.6 is 0 Å². The summed E-state index contributed by atoms with van der Waals surface area (Å²) in [5.74, 6) is 1.81. The first-order valence-electron chi connectivity index (χ1n) is 7.32. The van der Waals surface area contributed by atoms with E-state index in [4.69, 9.17) is 9.47 Å². The summed E-state index contributed by atoms with van der Waals surface area (Å²) >= 11 is 0. The summed E-state index contributed by atoms with van der Waals surface area (Å²) < 4.78 is 10.6. The third-order valence-electron chi connectivity index (χ3n) is 3.46. The molecule has 21 heavy (non-hydrogen) atoms. The third kappa shape index (κ3) is 4.50. The molecule has 0 heterocycles. The molecule has 2 aromatic rings. The second-order valence-corrected chi connectivity index (χ2v) is 4.95. The quantitative estimate of drug-likeness (QED) is 0.835. The topological polar surface area (TPSA) is 30.5 Å². The predicted octanol–water partition coefficient (Wildman–Crippen LogP) is 3.94. The van der Waals surface area contributed by atoms with Crippen molar-refractivity contribution in [3.8, 4) is 11.5 Å². The van der Waals surface area contributed by atoms with Gasteiger partial charge in [0.15, 0.2) is 0 Å². The van der Waals surface area contributed by atoms with E-state index in [1.165, 1.54) is 11.1 Å². The van der Waals surface area contributed by atoms with Crippen LogP contribution in [0.1, 0.15) is 31.0 Å². The Balaban J connectivity index is 1.89. The first kappa shape index (κ1) is 15.4. The van der Waals surface area contributed by atoms with Crippen LogP contribution in [0.25, 0.3) is 0 Å². The van der Waals surface area contributed by atoms with Crippen LogP contribution in [0.2, 0.25) is 0 Å². The zero-order valence-corrected chi connectivity index (χ0v) is 12.9. The van der Waals surface area contributed by atoms with E-state index in [0.29, 0.717) is 12.6 Å². The molecule has 3 heteroatoms. The van der Waals surface area contributed by atoms with Crippen molar-refractivity contribution in [2.75, 3.05) is 13.7 Å². The van der Waals surface area contributed by atoms with E-state index in [1.807, 2.05) is 31.2 Å². The van der Waals surface area contributed by atoms with Crippen molar-refractivity contribution in [1.29, 1.82) is 0 Å². The molecule has 0 bridgehead atoms. The van der Waals surface area contributed by atoms with Gasteiger partial charge in [0.25, 0.3) is 0 Å². The van der Waals surface area contributed by atoms with Gasteiger partial charge in [-0.2, -0.15) is 0 Å². The average Bonchev–Trinajstić information content (AvgIpc) is 2.54. The van der Waals surface area contributed by atoms with Crippen LogP contribution in [0, 0.1) is 0 Å². The molecule has 0 aliphatic heterocycles. The van der Waals surface area contributed by atoms with E-state index in [1.54, 1.807) is 7.11 Å². The number of hydrogen-bond acceptors (Lipinski definition) is 3. The minimum atomic E-state index is 0.294. The van der Waals surface area contributed by atoms with Gasteiger partial charge in [0.2, 0.25) is 0 Å². The lowest BCUT2D eigenvalue weighted by molar-refractivity contribution is 0.340. The fourth-order valence-electron chi connectivity index (χ4n) is 2.15. The lowest BCUT2D eigenvalue weighted by Crippen LogP contribution is -2.17. The summed E-state index contributed by atoms with van der Waals surface area (Å²) in [6, 6.07) is 16.7. The fourth-order valence-corrected chi connectivity index (χ4v) is 2.15. The minimum absolute atomic E-state index is 0.294. The lowest BCUT2D eigenvalue weighted by Gasteiger charge is -2.15. The molecule has 3 nitrogen and oxygen atoms in total. The summed E-state index contributed by atoms with van der Waals surface area (Å²) in [5.41, 5.74) is 2.50. The molecular formula is C18H23NO2. The van der Waals surface area contributed by atoms with Crippen LogP contribution in [0.4, 0.5) is 0 Å². The van der Waals surface area contributed by atoms with Gasteiger partial charge in [-0.25, -0.2) is 0 Å². The Morgan fingerprint density at radius 2 is 1.57 bits per heavy atom. The zero-order valence-electron chi connectivity index (χ0n) is 12.9. The van der Waals surface area contributed by atoms with E-state index in [2.05, 4.69) is 36.5 Å². The summed E-state index contributed by atoms with van der Waals surface area (Å²) in [7, 11) is 1.68. The molecular weight excluding hydrogens is 262 g/mol. The van der Waals surface area contributed by atoms with E-state index < -0.39 is 0 Å². The Bertz CT molecular complexity index is 534. The van der Waals surface area contributed by atoms with Crippen LogP contribution in [0.15, 0.2) is 48.5 Å². The number of benzene rings is 2. The Kier molecular flexibility index (Phi) is 5.64. The molecule has 0 aromatic heterocycles. The molecule has 1 atom stereocenters. The zero-order chi connectivity index (χ0) is 15.1. The molecule has 0 aliphatic carbocycles. The van der Waals surface area contributed by atoms with Crippen LogP contribution in [0.5, 0.6) is 11.5 Å². The Labute approximate surface area is 126 Å². The van der Waals surface area contributed by atoms with Crippen LogP contribution in [0.3, 0.4) is 0 Å². The van der Waals surface area contributed by atoms with Crippen molar-refractivity contribution in [2.45, 2.75) is 26.4 Å². The number of nitrogens with one attached hydrogen (secondary N) is 1. The van der Waals surface area contributed by atoms with Gasteiger partial charge >= 0.3 is 0 Å². The first-order chi connectivity index (χ1) is 10.2. The maximum absolute atomic E-state index is 5.46. The standard InChI is InChI=1S/C18H23NO2/c1-4-21-18-11-7-16(8-12-18)14(2)19-13-15-5-9-17(20-3)10-6-15/h5-12,14,19H,4,13H2,1-3H3. The monoisotopic (exact) mass is 285 g/mol. The highest BCUT2D eigenvalue weighted by atomic mass is 16.5. The third-order valence-corrected chi connectivity index (χ3v) is 3.46. The highest BCUT2D eigenvalue weighted by molar-refractivity contribution is 5.30. The summed E-state index contributed by atoms with van der Waals surface area (Å²) in [5, 5.41) is 3.52. The van der Waals surface area contributed by atoms with Gasteiger partial charge in [0.05, 0.1) is 13.7 Å². The van der Waals surface area contributed by atoms with Crippen molar-refractivity contribution in [1.82, 2.24) is 5.32 Å². The van der Waals surface area contributed by atoms with Gasteiger partial charge in [-0.15, -0.1) is 0 Å². The van der Waals surface area contributed by atoms with Crippen LogP contribution in [-0.4, -0.2) is 13.7 Å². The predicted molar refractivity (Wildman–Crippen MR) is 85.9 cm³/mol. The molecule has 0 saturated carbocycles. The van der Waals surface area contributed by atoms with Crippen molar-refractivity contribution < 1.29 is 9.47 Å². The minimum Gasteiger partial charge on any atom is -0.497 e. The van der Waals surface area contributed by atoms with Crippen molar-refractivity contribution in [2.24, 2.45) is 0 Å². The van der Waals surface area contributed by atoms with Crippen molar-refractivity contribution >= 4 is 0 Å². The van der Waals surface area contributed by atoms with Crippen LogP contribution in [-0.2, 0) is 6.54 Å². The summed E-state index contributed by atoms with van der Waals surface area (Å²) in [6.07, 6.45) is 0. The molecule has 0 saturated heterocycles. The molecule has 2 aromatic carbocycles.